The van der Waals surface area contributed by atoms with E-state index in [0.29, 0.717) is 12.0 Å². The lowest BCUT2D eigenvalue weighted by atomic mass is 9.51. The molecule has 0 bridgehead atoms. The molecular formula is C11H18O2. The van der Waals surface area contributed by atoms with Gasteiger partial charge in [0, 0.05) is 17.9 Å². The topological polar surface area (TPSA) is 29.5 Å². The van der Waals surface area contributed by atoms with Crippen molar-refractivity contribution >= 4 is 0 Å². The van der Waals surface area contributed by atoms with E-state index in [0.717, 1.165) is 13.0 Å². The van der Waals surface area contributed by atoms with E-state index in [2.05, 4.69) is 0 Å². The molecule has 1 aliphatic heterocycles. The van der Waals surface area contributed by atoms with E-state index in [9.17, 15) is 5.11 Å². The Morgan fingerprint density at radius 3 is 2.69 bits per heavy atom. The lowest BCUT2D eigenvalue weighted by molar-refractivity contribution is -0.214. The van der Waals surface area contributed by atoms with Gasteiger partial charge in [-0.05, 0) is 19.3 Å². The molecule has 0 aromatic carbocycles. The molecule has 3 aliphatic rings. The summed E-state index contributed by atoms with van der Waals surface area (Å²) in [5.74, 6) is 0.484. The first-order valence-electron chi connectivity index (χ1n) is 5.64. The Hall–Kier alpha value is -0.0800. The van der Waals surface area contributed by atoms with Crippen LogP contribution in [0.4, 0.5) is 0 Å². The molecule has 1 saturated heterocycles. The zero-order valence-corrected chi connectivity index (χ0v) is 8.04. The van der Waals surface area contributed by atoms with Crippen LogP contribution >= 0.6 is 0 Å². The third-order valence-electron chi connectivity index (χ3n) is 4.48. The van der Waals surface area contributed by atoms with Gasteiger partial charge in [0.2, 0.25) is 0 Å². The zero-order valence-electron chi connectivity index (χ0n) is 8.04. The molecule has 3 rings (SSSR count). The zero-order chi connectivity index (χ0) is 8.89. The van der Waals surface area contributed by atoms with Gasteiger partial charge in [0.05, 0.1) is 12.2 Å². The summed E-state index contributed by atoms with van der Waals surface area (Å²) < 4.78 is 5.76. The van der Waals surface area contributed by atoms with E-state index in [1.54, 1.807) is 0 Å². The van der Waals surface area contributed by atoms with E-state index < -0.39 is 0 Å². The minimum Gasteiger partial charge on any atom is -0.392 e. The van der Waals surface area contributed by atoms with E-state index in [-0.39, 0.29) is 11.5 Å². The van der Waals surface area contributed by atoms with Crippen LogP contribution < -0.4 is 0 Å². The highest BCUT2D eigenvalue weighted by atomic mass is 16.5. The number of ether oxygens (including phenoxy) is 1. The van der Waals surface area contributed by atoms with Gasteiger partial charge in [-0.1, -0.05) is 19.3 Å². The minimum absolute atomic E-state index is 0.0414. The molecule has 0 amide bonds. The van der Waals surface area contributed by atoms with Crippen molar-refractivity contribution in [1.29, 1.82) is 0 Å². The third-order valence-corrected chi connectivity index (χ3v) is 4.48. The Balaban J connectivity index is 1.82. The fourth-order valence-electron chi connectivity index (χ4n) is 3.79. The average Bonchev–Trinajstić information content (AvgIpc) is 2.64. The van der Waals surface area contributed by atoms with Crippen LogP contribution in [0.15, 0.2) is 0 Å². The second-order valence-electron chi connectivity index (χ2n) is 4.98. The maximum atomic E-state index is 10.1. The summed E-state index contributed by atoms with van der Waals surface area (Å²) in [6, 6.07) is 0. The largest absolute Gasteiger partial charge is 0.392 e. The van der Waals surface area contributed by atoms with Crippen LogP contribution in [0.3, 0.4) is 0 Å². The van der Waals surface area contributed by atoms with Crippen LogP contribution in [-0.2, 0) is 4.74 Å². The summed E-state index contributed by atoms with van der Waals surface area (Å²) in [4.78, 5) is 0. The Morgan fingerprint density at radius 2 is 1.92 bits per heavy atom. The SMILES string of the molecule is OC1C2CCOC2C12CCCCC2. The van der Waals surface area contributed by atoms with Crippen LogP contribution in [0.2, 0.25) is 0 Å². The monoisotopic (exact) mass is 182 g/mol. The second-order valence-corrected chi connectivity index (χ2v) is 4.98. The van der Waals surface area contributed by atoms with Gasteiger partial charge in [-0.2, -0.15) is 0 Å². The summed E-state index contributed by atoms with van der Waals surface area (Å²) in [6.07, 6.45) is 7.82. The van der Waals surface area contributed by atoms with Crippen LogP contribution in [0.1, 0.15) is 38.5 Å². The summed E-state index contributed by atoms with van der Waals surface area (Å²) in [7, 11) is 0. The Morgan fingerprint density at radius 1 is 1.15 bits per heavy atom. The van der Waals surface area contributed by atoms with Gasteiger partial charge in [0.25, 0.3) is 0 Å². The molecule has 13 heavy (non-hydrogen) atoms. The van der Waals surface area contributed by atoms with Crippen molar-refractivity contribution in [2.45, 2.75) is 50.7 Å². The highest BCUT2D eigenvalue weighted by Crippen LogP contribution is 2.59. The molecule has 1 N–H and O–H groups in total. The average molecular weight is 182 g/mol. The molecule has 1 spiro atoms. The predicted molar refractivity (Wildman–Crippen MR) is 49.4 cm³/mol. The third kappa shape index (κ3) is 0.909. The van der Waals surface area contributed by atoms with Crippen LogP contribution in [0, 0.1) is 11.3 Å². The molecule has 0 aromatic rings. The summed E-state index contributed by atoms with van der Waals surface area (Å²) >= 11 is 0. The lowest BCUT2D eigenvalue weighted by Gasteiger charge is -2.57. The molecule has 74 valence electrons. The van der Waals surface area contributed by atoms with Crippen molar-refractivity contribution in [3.8, 4) is 0 Å². The van der Waals surface area contributed by atoms with Crippen molar-refractivity contribution in [1.82, 2.24) is 0 Å². The van der Waals surface area contributed by atoms with E-state index in [1.165, 1.54) is 32.1 Å². The molecule has 1 heterocycles. The normalized spacial score (nSPS) is 47.3. The van der Waals surface area contributed by atoms with Crippen molar-refractivity contribution in [3.05, 3.63) is 0 Å². The number of rotatable bonds is 0. The fraction of sp³-hybridized carbons (Fsp3) is 1.00. The predicted octanol–water partition coefficient (Wildman–Crippen LogP) is 1.72. The van der Waals surface area contributed by atoms with E-state index in [1.807, 2.05) is 0 Å². The van der Waals surface area contributed by atoms with Crippen molar-refractivity contribution in [2.75, 3.05) is 6.61 Å². The number of hydrogen-bond acceptors (Lipinski definition) is 2. The van der Waals surface area contributed by atoms with Gasteiger partial charge in [0.15, 0.2) is 0 Å². The molecule has 2 aliphatic carbocycles. The van der Waals surface area contributed by atoms with Crippen molar-refractivity contribution < 1.29 is 9.84 Å². The van der Waals surface area contributed by atoms with Gasteiger partial charge in [-0.15, -0.1) is 0 Å². The first-order chi connectivity index (χ1) is 6.34. The molecule has 3 atom stereocenters. The first-order valence-corrected chi connectivity index (χ1v) is 5.64. The van der Waals surface area contributed by atoms with Crippen LogP contribution in [0.25, 0.3) is 0 Å². The van der Waals surface area contributed by atoms with Gasteiger partial charge in [-0.3, -0.25) is 0 Å². The van der Waals surface area contributed by atoms with E-state index >= 15 is 0 Å². The molecule has 3 unspecified atom stereocenters. The fourth-order valence-corrected chi connectivity index (χ4v) is 3.79. The summed E-state index contributed by atoms with van der Waals surface area (Å²) in [6.45, 7) is 0.883. The van der Waals surface area contributed by atoms with Crippen LogP contribution in [-0.4, -0.2) is 23.9 Å². The Kier molecular flexibility index (Phi) is 1.72. The minimum atomic E-state index is -0.0414. The Labute approximate surface area is 79.3 Å². The van der Waals surface area contributed by atoms with Crippen LogP contribution in [0.5, 0.6) is 0 Å². The van der Waals surface area contributed by atoms with Crippen molar-refractivity contribution in [3.63, 3.8) is 0 Å². The molecule has 3 fully saturated rings. The van der Waals surface area contributed by atoms with Gasteiger partial charge in [0.1, 0.15) is 0 Å². The van der Waals surface area contributed by atoms with Gasteiger partial charge >= 0.3 is 0 Å². The summed E-state index contributed by atoms with van der Waals surface area (Å²) in [5, 5.41) is 10.1. The number of fused-ring (bicyclic) bond motifs is 2. The van der Waals surface area contributed by atoms with E-state index in [4.69, 9.17) is 4.74 Å². The molecule has 2 heteroatoms. The molecular weight excluding hydrogens is 164 g/mol. The Bertz CT molecular complexity index is 208. The molecule has 2 nitrogen and oxygen atoms in total. The van der Waals surface area contributed by atoms with Gasteiger partial charge < -0.3 is 9.84 Å². The van der Waals surface area contributed by atoms with Crippen molar-refractivity contribution in [2.24, 2.45) is 11.3 Å². The molecule has 0 aromatic heterocycles. The highest BCUT2D eigenvalue weighted by Gasteiger charge is 2.63. The number of hydrogen-bond donors (Lipinski definition) is 1. The quantitative estimate of drug-likeness (QED) is 0.618. The first kappa shape index (κ1) is 8.25. The second kappa shape index (κ2) is 2.71. The summed E-state index contributed by atoms with van der Waals surface area (Å²) in [5.41, 5.74) is 0.194. The number of aliphatic hydroxyl groups is 1. The van der Waals surface area contributed by atoms with Gasteiger partial charge in [-0.25, -0.2) is 0 Å². The molecule has 0 radical (unpaired) electrons. The maximum Gasteiger partial charge on any atom is 0.0709 e. The smallest absolute Gasteiger partial charge is 0.0709 e. The molecule has 2 saturated carbocycles. The highest BCUT2D eigenvalue weighted by molar-refractivity contribution is 5.12. The lowest BCUT2D eigenvalue weighted by Crippen LogP contribution is -2.63. The number of aliphatic hydroxyl groups excluding tert-OH is 1. The standard InChI is InChI=1S/C11H18O2/c12-9-8-4-7-13-10(8)11(9)5-2-1-3-6-11/h8-10,12H,1-7H2. The maximum absolute atomic E-state index is 10.1.